The third-order valence-electron chi connectivity index (χ3n) is 5.59. The van der Waals surface area contributed by atoms with E-state index in [1.165, 1.54) is 64.3 Å². The standard InChI is InChI=1S/C17H32N2O/c1-2-11-18-14-7-3-4-8-15(14)19-12-13-20-17-10-6-5-9-16(17)19/h14-18H,2-13H2,1H3. The van der Waals surface area contributed by atoms with Crippen LogP contribution in [0.3, 0.4) is 0 Å². The summed E-state index contributed by atoms with van der Waals surface area (Å²) in [6, 6.07) is 2.21. The Morgan fingerprint density at radius 3 is 2.60 bits per heavy atom. The molecular weight excluding hydrogens is 248 g/mol. The fourth-order valence-corrected chi connectivity index (χ4v) is 4.61. The molecule has 3 fully saturated rings. The highest BCUT2D eigenvalue weighted by atomic mass is 16.5. The Morgan fingerprint density at radius 1 is 1.00 bits per heavy atom. The summed E-state index contributed by atoms with van der Waals surface area (Å²) in [6.45, 7) is 5.57. The van der Waals surface area contributed by atoms with Crippen LogP contribution in [0.4, 0.5) is 0 Å². The smallest absolute Gasteiger partial charge is 0.0731 e. The summed E-state index contributed by atoms with van der Waals surface area (Å²) in [5.74, 6) is 0. The average Bonchev–Trinajstić information content (AvgIpc) is 2.53. The van der Waals surface area contributed by atoms with E-state index in [-0.39, 0.29) is 0 Å². The summed E-state index contributed by atoms with van der Waals surface area (Å²) < 4.78 is 6.06. The summed E-state index contributed by atoms with van der Waals surface area (Å²) in [4.78, 5) is 2.85. The van der Waals surface area contributed by atoms with Crippen molar-refractivity contribution in [1.29, 1.82) is 0 Å². The Hall–Kier alpha value is -0.120. The SMILES string of the molecule is CCCNC1CCCCC1N1CCOC2CCCCC21. The fraction of sp³-hybridized carbons (Fsp3) is 1.00. The van der Waals surface area contributed by atoms with E-state index in [1.807, 2.05) is 0 Å². The highest BCUT2D eigenvalue weighted by Gasteiger charge is 2.40. The Labute approximate surface area is 124 Å². The third-order valence-corrected chi connectivity index (χ3v) is 5.59. The van der Waals surface area contributed by atoms with Gasteiger partial charge < -0.3 is 10.1 Å². The molecule has 4 unspecified atom stereocenters. The molecule has 116 valence electrons. The summed E-state index contributed by atoms with van der Waals surface area (Å²) in [6.07, 6.45) is 12.8. The molecular formula is C17H32N2O. The van der Waals surface area contributed by atoms with Gasteiger partial charge in [-0.2, -0.15) is 0 Å². The first kappa shape index (κ1) is 14.8. The second-order valence-electron chi connectivity index (χ2n) is 6.91. The van der Waals surface area contributed by atoms with Crippen molar-refractivity contribution in [1.82, 2.24) is 10.2 Å². The number of hydrogen-bond donors (Lipinski definition) is 1. The van der Waals surface area contributed by atoms with E-state index in [1.54, 1.807) is 0 Å². The first-order chi connectivity index (χ1) is 9.90. The molecule has 1 heterocycles. The van der Waals surface area contributed by atoms with Crippen molar-refractivity contribution >= 4 is 0 Å². The van der Waals surface area contributed by atoms with Crippen LogP contribution in [-0.2, 0) is 4.74 Å². The van der Waals surface area contributed by atoms with Crippen molar-refractivity contribution < 1.29 is 4.74 Å². The zero-order valence-corrected chi connectivity index (χ0v) is 13.2. The van der Waals surface area contributed by atoms with Crippen molar-refractivity contribution in [2.75, 3.05) is 19.7 Å². The average molecular weight is 280 g/mol. The fourth-order valence-electron chi connectivity index (χ4n) is 4.61. The van der Waals surface area contributed by atoms with E-state index >= 15 is 0 Å². The number of rotatable bonds is 4. The molecule has 3 rings (SSSR count). The molecule has 3 heteroatoms. The molecule has 1 saturated heterocycles. The van der Waals surface area contributed by atoms with Gasteiger partial charge in [0.1, 0.15) is 0 Å². The van der Waals surface area contributed by atoms with Gasteiger partial charge in [-0.25, -0.2) is 0 Å². The third kappa shape index (κ3) is 3.20. The number of ether oxygens (including phenoxy) is 1. The normalized spacial score (nSPS) is 39.5. The van der Waals surface area contributed by atoms with E-state index in [9.17, 15) is 0 Å². The van der Waals surface area contributed by atoms with Crippen LogP contribution in [-0.4, -0.2) is 48.8 Å². The van der Waals surface area contributed by atoms with Crippen LogP contribution in [0.15, 0.2) is 0 Å². The van der Waals surface area contributed by atoms with Gasteiger partial charge in [0.15, 0.2) is 0 Å². The van der Waals surface area contributed by atoms with Crippen LogP contribution in [0.5, 0.6) is 0 Å². The highest BCUT2D eigenvalue weighted by Crippen LogP contribution is 2.33. The van der Waals surface area contributed by atoms with Gasteiger partial charge in [-0.3, -0.25) is 4.90 Å². The first-order valence-electron chi connectivity index (χ1n) is 9.01. The lowest BCUT2D eigenvalue weighted by molar-refractivity contribution is -0.110. The van der Waals surface area contributed by atoms with Crippen LogP contribution in [0.25, 0.3) is 0 Å². The molecule has 0 radical (unpaired) electrons. The number of nitrogens with one attached hydrogen (secondary N) is 1. The van der Waals surface area contributed by atoms with E-state index in [4.69, 9.17) is 4.74 Å². The Kier molecular flexibility index (Phi) is 5.36. The maximum Gasteiger partial charge on any atom is 0.0731 e. The second kappa shape index (κ2) is 7.24. The van der Waals surface area contributed by atoms with Crippen LogP contribution in [0.1, 0.15) is 64.7 Å². The number of hydrogen-bond acceptors (Lipinski definition) is 3. The Balaban J connectivity index is 1.67. The molecule has 0 aromatic rings. The molecule has 0 spiro atoms. The van der Waals surface area contributed by atoms with Gasteiger partial charge in [0.25, 0.3) is 0 Å². The minimum absolute atomic E-state index is 0.534. The van der Waals surface area contributed by atoms with Crippen molar-refractivity contribution in [3.05, 3.63) is 0 Å². The van der Waals surface area contributed by atoms with E-state index < -0.39 is 0 Å². The van der Waals surface area contributed by atoms with Gasteiger partial charge in [0.05, 0.1) is 12.7 Å². The molecule has 1 N–H and O–H groups in total. The maximum absolute atomic E-state index is 6.06. The molecule has 1 aliphatic heterocycles. The van der Waals surface area contributed by atoms with Crippen molar-refractivity contribution in [2.24, 2.45) is 0 Å². The highest BCUT2D eigenvalue weighted by molar-refractivity contribution is 4.96. The minimum atomic E-state index is 0.534. The topological polar surface area (TPSA) is 24.5 Å². The van der Waals surface area contributed by atoms with Crippen molar-refractivity contribution in [3.63, 3.8) is 0 Å². The molecule has 0 aromatic carbocycles. The van der Waals surface area contributed by atoms with E-state index in [2.05, 4.69) is 17.1 Å². The lowest BCUT2D eigenvalue weighted by atomic mass is 9.84. The van der Waals surface area contributed by atoms with Crippen molar-refractivity contribution in [2.45, 2.75) is 88.9 Å². The Morgan fingerprint density at radius 2 is 1.75 bits per heavy atom. The molecule has 20 heavy (non-hydrogen) atoms. The molecule has 4 atom stereocenters. The summed E-state index contributed by atoms with van der Waals surface area (Å²) in [5, 5.41) is 3.83. The second-order valence-corrected chi connectivity index (χ2v) is 6.91. The minimum Gasteiger partial charge on any atom is -0.375 e. The van der Waals surface area contributed by atoms with Gasteiger partial charge >= 0.3 is 0 Å². The lowest BCUT2D eigenvalue weighted by Gasteiger charge is -2.50. The van der Waals surface area contributed by atoms with E-state index in [0.29, 0.717) is 12.1 Å². The molecule has 0 aromatic heterocycles. The maximum atomic E-state index is 6.06. The van der Waals surface area contributed by atoms with Gasteiger partial charge in [-0.15, -0.1) is 0 Å². The molecule has 2 aliphatic carbocycles. The summed E-state index contributed by atoms with van der Waals surface area (Å²) in [7, 11) is 0. The van der Waals surface area contributed by atoms with E-state index in [0.717, 1.165) is 25.2 Å². The quantitative estimate of drug-likeness (QED) is 0.857. The summed E-state index contributed by atoms with van der Waals surface area (Å²) >= 11 is 0. The lowest BCUT2D eigenvalue weighted by Crippen LogP contribution is -2.61. The van der Waals surface area contributed by atoms with Crippen LogP contribution in [0, 0.1) is 0 Å². The molecule has 0 amide bonds. The number of fused-ring (bicyclic) bond motifs is 1. The first-order valence-corrected chi connectivity index (χ1v) is 9.01. The van der Waals surface area contributed by atoms with Crippen LogP contribution in [0.2, 0.25) is 0 Å². The number of nitrogens with zero attached hydrogens (tertiary/aromatic N) is 1. The zero-order valence-electron chi connectivity index (χ0n) is 13.2. The Bertz CT molecular complexity index is 295. The largest absolute Gasteiger partial charge is 0.375 e. The van der Waals surface area contributed by atoms with Crippen LogP contribution >= 0.6 is 0 Å². The predicted molar refractivity (Wildman–Crippen MR) is 83.0 cm³/mol. The molecule has 0 bridgehead atoms. The van der Waals surface area contributed by atoms with Crippen LogP contribution < -0.4 is 5.32 Å². The monoisotopic (exact) mass is 280 g/mol. The molecule has 3 nitrogen and oxygen atoms in total. The molecule has 3 aliphatic rings. The predicted octanol–water partition coefficient (Wildman–Crippen LogP) is 2.94. The van der Waals surface area contributed by atoms with Gasteiger partial charge in [-0.05, 0) is 38.6 Å². The molecule has 2 saturated carbocycles. The van der Waals surface area contributed by atoms with Gasteiger partial charge in [-0.1, -0.05) is 32.6 Å². The van der Waals surface area contributed by atoms with Gasteiger partial charge in [0, 0.05) is 24.7 Å². The zero-order chi connectivity index (χ0) is 13.8. The van der Waals surface area contributed by atoms with Gasteiger partial charge in [0.2, 0.25) is 0 Å². The summed E-state index contributed by atoms with van der Waals surface area (Å²) in [5.41, 5.74) is 0. The van der Waals surface area contributed by atoms with Crippen molar-refractivity contribution in [3.8, 4) is 0 Å². The number of morpholine rings is 1.